The second-order valence-corrected chi connectivity index (χ2v) is 7.43. The molecule has 1 saturated heterocycles. The van der Waals surface area contributed by atoms with Crippen LogP contribution >= 0.6 is 11.6 Å². The molecule has 2 N–H and O–H groups in total. The molecule has 0 unspecified atom stereocenters. The predicted octanol–water partition coefficient (Wildman–Crippen LogP) is 3.47. The summed E-state index contributed by atoms with van der Waals surface area (Å²) in [5.41, 5.74) is 1.41. The fourth-order valence-electron chi connectivity index (χ4n) is 3.15. The van der Waals surface area contributed by atoms with E-state index < -0.39 is 5.92 Å². The molecule has 1 aliphatic heterocycles. The minimum Gasteiger partial charge on any atom is -0.350 e. The summed E-state index contributed by atoms with van der Waals surface area (Å²) in [6.45, 7) is 3.98. The molecule has 3 rings (SSSR count). The number of carbonyl (C=O) groups is 3. The SMILES string of the molecule is CC(C)NC(=O)c1ccccc1NC(=O)[C@@H]1CC(=O)N(c2ccccc2Cl)C1. The molecule has 1 heterocycles. The fourth-order valence-corrected chi connectivity index (χ4v) is 3.39. The number of anilines is 2. The van der Waals surface area contributed by atoms with Crippen molar-refractivity contribution >= 4 is 40.7 Å². The van der Waals surface area contributed by atoms with E-state index in [1.54, 1.807) is 48.5 Å². The van der Waals surface area contributed by atoms with Gasteiger partial charge >= 0.3 is 0 Å². The van der Waals surface area contributed by atoms with Crippen LogP contribution in [0.3, 0.4) is 0 Å². The van der Waals surface area contributed by atoms with Gasteiger partial charge in [0.2, 0.25) is 11.8 Å². The Morgan fingerprint density at radius 3 is 2.50 bits per heavy atom. The van der Waals surface area contributed by atoms with E-state index in [0.29, 0.717) is 22.0 Å². The minimum absolute atomic E-state index is 0.0205. The van der Waals surface area contributed by atoms with Crippen molar-refractivity contribution in [3.63, 3.8) is 0 Å². The quantitative estimate of drug-likeness (QED) is 0.808. The maximum atomic E-state index is 12.8. The van der Waals surface area contributed by atoms with Crippen molar-refractivity contribution in [2.45, 2.75) is 26.3 Å². The third kappa shape index (κ3) is 4.34. The molecule has 2 aromatic carbocycles. The van der Waals surface area contributed by atoms with Gasteiger partial charge in [-0.3, -0.25) is 14.4 Å². The van der Waals surface area contributed by atoms with Gasteiger partial charge in [0.1, 0.15) is 0 Å². The smallest absolute Gasteiger partial charge is 0.253 e. The molecule has 2 aromatic rings. The van der Waals surface area contributed by atoms with Crippen molar-refractivity contribution in [2.75, 3.05) is 16.8 Å². The molecule has 1 fully saturated rings. The lowest BCUT2D eigenvalue weighted by atomic mass is 10.1. The fraction of sp³-hybridized carbons (Fsp3) is 0.286. The zero-order valence-electron chi connectivity index (χ0n) is 15.7. The van der Waals surface area contributed by atoms with Crippen LogP contribution < -0.4 is 15.5 Å². The summed E-state index contributed by atoms with van der Waals surface area (Å²) in [7, 11) is 0. The molecular weight excluding hydrogens is 378 g/mol. The maximum Gasteiger partial charge on any atom is 0.253 e. The summed E-state index contributed by atoms with van der Waals surface area (Å²) in [5.74, 6) is -1.23. The Labute approximate surface area is 168 Å². The Morgan fingerprint density at radius 1 is 1.11 bits per heavy atom. The van der Waals surface area contributed by atoms with Gasteiger partial charge in [-0.05, 0) is 38.1 Å². The maximum absolute atomic E-state index is 12.8. The van der Waals surface area contributed by atoms with Crippen molar-refractivity contribution in [1.29, 1.82) is 0 Å². The monoisotopic (exact) mass is 399 g/mol. The number of hydrogen-bond donors (Lipinski definition) is 2. The van der Waals surface area contributed by atoms with Crippen molar-refractivity contribution in [3.05, 3.63) is 59.1 Å². The summed E-state index contributed by atoms with van der Waals surface area (Å²) in [6.07, 6.45) is 0.0947. The van der Waals surface area contributed by atoms with E-state index in [2.05, 4.69) is 10.6 Å². The highest BCUT2D eigenvalue weighted by atomic mass is 35.5. The number of carbonyl (C=O) groups excluding carboxylic acids is 3. The molecule has 0 aromatic heterocycles. The van der Waals surface area contributed by atoms with E-state index in [1.807, 2.05) is 13.8 Å². The van der Waals surface area contributed by atoms with Gasteiger partial charge in [-0.25, -0.2) is 0 Å². The van der Waals surface area contributed by atoms with Gasteiger partial charge in [-0.2, -0.15) is 0 Å². The first kappa shape index (κ1) is 19.9. The molecule has 6 nitrogen and oxygen atoms in total. The number of hydrogen-bond acceptors (Lipinski definition) is 3. The number of para-hydroxylation sites is 2. The minimum atomic E-state index is -0.523. The second kappa shape index (κ2) is 8.44. The van der Waals surface area contributed by atoms with Crippen LogP contribution in [0.4, 0.5) is 11.4 Å². The van der Waals surface area contributed by atoms with Crippen LogP contribution in [0.1, 0.15) is 30.6 Å². The lowest BCUT2D eigenvalue weighted by molar-refractivity contribution is -0.122. The molecular formula is C21H22ClN3O3. The molecule has 28 heavy (non-hydrogen) atoms. The van der Waals surface area contributed by atoms with Gasteiger partial charge in [-0.1, -0.05) is 35.9 Å². The first-order valence-corrected chi connectivity index (χ1v) is 9.50. The Hall–Kier alpha value is -2.86. The summed E-state index contributed by atoms with van der Waals surface area (Å²) in [6, 6.07) is 13.8. The number of halogens is 1. The molecule has 0 saturated carbocycles. The second-order valence-electron chi connectivity index (χ2n) is 7.02. The van der Waals surface area contributed by atoms with E-state index in [4.69, 9.17) is 11.6 Å². The number of amides is 3. The van der Waals surface area contributed by atoms with Gasteiger partial charge in [-0.15, -0.1) is 0 Å². The van der Waals surface area contributed by atoms with Crippen molar-refractivity contribution in [3.8, 4) is 0 Å². The standard InChI is InChI=1S/C21H22ClN3O3/c1-13(2)23-21(28)15-7-3-5-9-17(15)24-20(27)14-11-19(26)25(12-14)18-10-6-4-8-16(18)22/h3-10,13-14H,11-12H2,1-2H3,(H,23,28)(H,24,27)/t14-/m1/s1. The molecule has 0 radical (unpaired) electrons. The van der Waals surface area contributed by atoms with E-state index in [0.717, 1.165) is 0 Å². The van der Waals surface area contributed by atoms with Crippen molar-refractivity contribution < 1.29 is 14.4 Å². The van der Waals surface area contributed by atoms with E-state index in [1.165, 1.54) is 4.90 Å². The highest BCUT2D eigenvalue weighted by molar-refractivity contribution is 6.34. The molecule has 146 valence electrons. The van der Waals surface area contributed by atoms with Gasteiger partial charge in [0.25, 0.3) is 5.91 Å². The van der Waals surface area contributed by atoms with Crippen LogP contribution in [0.2, 0.25) is 5.02 Å². The first-order valence-electron chi connectivity index (χ1n) is 9.12. The van der Waals surface area contributed by atoms with Gasteiger partial charge < -0.3 is 15.5 Å². The van der Waals surface area contributed by atoms with Crippen LogP contribution in [0.25, 0.3) is 0 Å². The number of nitrogens with one attached hydrogen (secondary N) is 2. The van der Waals surface area contributed by atoms with Crippen LogP contribution in [0.5, 0.6) is 0 Å². The number of nitrogens with zero attached hydrogens (tertiary/aromatic N) is 1. The lowest BCUT2D eigenvalue weighted by Gasteiger charge is -2.18. The van der Waals surface area contributed by atoms with E-state index in [-0.39, 0.29) is 36.7 Å². The topological polar surface area (TPSA) is 78.5 Å². The zero-order chi connectivity index (χ0) is 20.3. The third-order valence-electron chi connectivity index (χ3n) is 4.49. The lowest BCUT2D eigenvalue weighted by Crippen LogP contribution is -2.32. The predicted molar refractivity (Wildman–Crippen MR) is 110 cm³/mol. The Morgan fingerprint density at radius 2 is 1.79 bits per heavy atom. The van der Waals surface area contributed by atoms with E-state index in [9.17, 15) is 14.4 Å². The number of rotatable bonds is 5. The zero-order valence-corrected chi connectivity index (χ0v) is 16.5. The summed E-state index contributed by atoms with van der Waals surface area (Å²) >= 11 is 6.18. The normalized spacial score (nSPS) is 16.4. The first-order chi connectivity index (χ1) is 13.4. The molecule has 1 atom stereocenters. The Bertz CT molecular complexity index is 913. The molecule has 0 bridgehead atoms. The highest BCUT2D eigenvalue weighted by Crippen LogP contribution is 2.31. The van der Waals surface area contributed by atoms with Crippen LogP contribution in [-0.2, 0) is 9.59 Å². The van der Waals surface area contributed by atoms with Crippen LogP contribution in [0, 0.1) is 5.92 Å². The molecule has 7 heteroatoms. The van der Waals surface area contributed by atoms with Gasteiger partial charge in [0.15, 0.2) is 0 Å². The van der Waals surface area contributed by atoms with Crippen molar-refractivity contribution in [2.24, 2.45) is 5.92 Å². The Kier molecular flexibility index (Phi) is 5.99. The van der Waals surface area contributed by atoms with Crippen molar-refractivity contribution in [1.82, 2.24) is 5.32 Å². The number of benzene rings is 2. The Balaban J connectivity index is 1.74. The average Bonchev–Trinajstić information content (AvgIpc) is 3.03. The van der Waals surface area contributed by atoms with Gasteiger partial charge in [0.05, 0.1) is 27.9 Å². The van der Waals surface area contributed by atoms with E-state index >= 15 is 0 Å². The molecule has 0 aliphatic carbocycles. The summed E-state index contributed by atoms with van der Waals surface area (Å²) < 4.78 is 0. The average molecular weight is 400 g/mol. The highest BCUT2D eigenvalue weighted by Gasteiger charge is 2.36. The van der Waals surface area contributed by atoms with Crippen LogP contribution in [-0.4, -0.2) is 30.3 Å². The molecule has 3 amide bonds. The molecule has 0 spiro atoms. The van der Waals surface area contributed by atoms with Crippen LogP contribution in [0.15, 0.2) is 48.5 Å². The third-order valence-corrected chi connectivity index (χ3v) is 4.81. The molecule has 1 aliphatic rings. The largest absolute Gasteiger partial charge is 0.350 e. The van der Waals surface area contributed by atoms with Gasteiger partial charge in [0, 0.05) is 19.0 Å². The summed E-state index contributed by atoms with van der Waals surface area (Å²) in [4.78, 5) is 39.1. The summed E-state index contributed by atoms with van der Waals surface area (Å²) in [5, 5.41) is 6.08.